The molecule has 0 amide bonds. The Bertz CT molecular complexity index is 438. The third-order valence-electron chi connectivity index (χ3n) is 1.57. The van der Waals surface area contributed by atoms with Crippen LogP contribution >= 0.6 is 22.6 Å². The van der Waals surface area contributed by atoms with Crippen molar-refractivity contribution >= 4 is 33.5 Å². The number of hydrogen-bond donors (Lipinski definition) is 1. The molecule has 0 bridgehead atoms. The molecule has 0 aliphatic heterocycles. The molecule has 2 rings (SSSR count). The molecule has 0 aliphatic carbocycles. The van der Waals surface area contributed by atoms with Gasteiger partial charge in [0.15, 0.2) is 0 Å². The number of halogens is 3. The van der Waals surface area contributed by atoms with E-state index in [0.717, 1.165) is 0 Å². The fraction of sp³-hybridized carbons (Fsp3) is 0. The Morgan fingerprint density at radius 3 is 2.83 bits per heavy atom. The molecule has 0 fully saturated rings. The maximum atomic E-state index is 12.9. The second-order valence-corrected chi connectivity index (χ2v) is 3.37. The first-order valence-electron chi connectivity index (χ1n) is 3.17. The van der Waals surface area contributed by atoms with Gasteiger partial charge >= 0.3 is 0 Å². The molecular formula is C7H3F2IN2. The Morgan fingerprint density at radius 2 is 2.08 bits per heavy atom. The van der Waals surface area contributed by atoms with Gasteiger partial charge in [0.05, 0.1) is 14.5 Å². The van der Waals surface area contributed by atoms with Gasteiger partial charge in [-0.1, -0.05) is 0 Å². The molecule has 0 saturated heterocycles. The monoisotopic (exact) mass is 280 g/mol. The van der Waals surface area contributed by atoms with Crippen molar-refractivity contribution in [1.29, 1.82) is 0 Å². The maximum absolute atomic E-state index is 12.9. The van der Waals surface area contributed by atoms with Crippen LogP contribution in [0.15, 0.2) is 12.1 Å². The van der Waals surface area contributed by atoms with Crippen LogP contribution in [0.3, 0.4) is 0 Å². The number of aromatic amines is 1. The minimum atomic E-state index is -0.589. The Kier molecular flexibility index (Phi) is 1.75. The first-order chi connectivity index (χ1) is 5.70. The van der Waals surface area contributed by atoms with Crippen LogP contribution in [0.25, 0.3) is 10.9 Å². The third-order valence-corrected chi connectivity index (χ3v) is 2.62. The van der Waals surface area contributed by atoms with E-state index < -0.39 is 11.8 Å². The predicted octanol–water partition coefficient (Wildman–Crippen LogP) is 2.45. The van der Waals surface area contributed by atoms with E-state index in [0.29, 0.717) is 5.52 Å². The van der Waals surface area contributed by atoms with E-state index in [1.165, 1.54) is 12.1 Å². The van der Waals surface area contributed by atoms with Gasteiger partial charge in [0, 0.05) is 0 Å². The average Bonchev–Trinajstić information content (AvgIpc) is 2.41. The van der Waals surface area contributed by atoms with Crippen molar-refractivity contribution < 1.29 is 8.78 Å². The molecule has 2 aromatic rings. The molecule has 2 nitrogen and oxygen atoms in total. The van der Waals surface area contributed by atoms with Gasteiger partial charge in [-0.2, -0.15) is 9.49 Å². The summed E-state index contributed by atoms with van der Waals surface area (Å²) in [6.07, 6.45) is 0. The quantitative estimate of drug-likeness (QED) is 0.738. The minimum absolute atomic E-state index is 0.218. The number of nitrogens with zero attached hydrogens (tertiary/aromatic N) is 1. The number of nitrogens with one attached hydrogen (secondary N) is 1. The lowest BCUT2D eigenvalue weighted by molar-refractivity contribution is 0.584. The normalized spacial score (nSPS) is 10.9. The van der Waals surface area contributed by atoms with E-state index in [4.69, 9.17) is 0 Å². The molecule has 12 heavy (non-hydrogen) atoms. The number of rotatable bonds is 0. The number of fused-ring (bicyclic) bond motifs is 1. The SMILES string of the molecule is Fc1ccc2n[nH]c(F)c2c1I. The standard InChI is InChI=1S/C7H3F2IN2/c8-3-1-2-4-5(6(3)10)7(9)12-11-4/h1-2H,(H,11,12). The lowest BCUT2D eigenvalue weighted by Crippen LogP contribution is -1.83. The second kappa shape index (κ2) is 2.65. The molecule has 62 valence electrons. The van der Waals surface area contributed by atoms with Crippen molar-refractivity contribution in [3.8, 4) is 0 Å². The third kappa shape index (κ3) is 0.996. The second-order valence-electron chi connectivity index (χ2n) is 2.29. The minimum Gasteiger partial charge on any atom is -0.252 e. The van der Waals surface area contributed by atoms with Gasteiger partial charge in [0.2, 0.25) is 5.95 Å². The van der Waals surface area contributed by atoms with Gasteiger partial charge in [-0.3, -0.25) is 5.10 Å². The molecule has 1 aromatic carbocycles. The molecule has 0 aliphatic rings. The number of H-pyrrole nitrogens is 1. The van der Waals surface area contributed by atoms with Crippen molar-refractivity contribution in [2.24, 2.45) is 0 Å². The van der Waals surface area contributed by atoms with Crippen LogP contribution in [0.5, 0.6) is 0 Å². The van der Waals surface area contributed by atoms with Gasteiger partial charge in [-0.15, -0.1) is 0 Å². The van der Waals surface area contributed by atoms with Crippen molar-refractivity contribution in [1.82, 2.24) is 10.2 Å². The Hall–Kier alpha value is -0.720. The molecule has 0 atom stereocenters. The largest absolute Gasteiger partial charge is 0.252 e. The highest BCUT2D eigenvalue weighted by molar-refractivity contribution is 14.1. The molecule has 0 radical (unpaired) electrons. The van der Waals surface area contributed by atoms with E-state index in [2.05, 4.69) is 10.2 Å². The zero-order chi connectivity index (χ0) is 8.72. The highest BCUT2D eigenvalue weighted by atomic mass is 127. The van der Waals surface area contributed by atoms with Crippen LogP contribution in [0.2, 0.25) is 0 Å². The summed E-state index contributed by atoms with van der Waals surface area (Å²) in [6.45, 7) is 0. The summed E-state index contributed by atoms with van der Waals surface area (Å²) in [7, 11) is 0. The number of aromatic nitrogens is 2. The number of benzene rings is 1. The Morgan fingerprint density at radius 1 is 1.33 bits per heavy atom. The first kappa shape index (κ1) is 7.90. The summed E-state index contributed by atoms with van der Waals surface area (Å²) < 4.78 is 26.0. The van der Waals surface area contributed by atoms with Crippen molar-refractivity contribution in [2.45, 2.75) is 0 Å². The molecular weight excluding hydrogens is 277 g/mol. The lowest BCUT2D eigenvalue weighted by atomic mass is 10.2. The fourth-order valence-corrected chi connectivity index (χ4v) is 1.70. The van der Waals surface area contributed by atoms with E-state index in [1.54, 1.807) is 22.6 Å². The molecule has 1 heterocycles. The van der Waals surface area contributed by atoms with Crippen LogP contribution in [0, 0.1) is 15.3 Å². The highest BCUT2D eigenvalue weighted by Crippen LogP contribution is 2.23. The summed E-state index contributed by atoms with van der Waals surface area (Å²) in [6, 6.07) is 2.71. The van der Waals surface area contributed by atoms with Crippen LogP contribution in [0.4, 0.5) is 8.78 Å². The molecule has 1 aromatic heterocycles. The Balaban J connectivity index is 2.96. The summed E-state index contributed by atoms with van der Waals surface area (Å²) in [4.78, 5) is 0. The molecule has 5 heteroatoms. The Labute approximate surface area is 80.1 Å². The fourth-order valence-electron chi connectivity index (χ4n) is 1.01. The van der Waals surface area contributed by atoms with Gasteiger partial charge in [-0.25, -0.2) is 4.39 Å². The van der Waals surface area contributed by atoms with E-state index in [-0.39, 0.29) is 8.96 Å². The topological polar surface area (TPSA) is 28.7 Å². The maximum Gasteiger partial charge on any atom is 0.217 e. The molecule has 0 saturated carbocycles. The van der Waals surface area contributed by atoms with Crippen LogP contribution < -0.4 is 0 Å². The molecule has 0 spiro atoms. The predicted molar refractivity (Wildman–Crippen MR) is 48.7 cm³/mol. The van der Waals surface area contributed by atoms with Gasteiger partial charge in [0.1, 0.15) is 5.82 Å². The number of hydrogen-bond acceptors (Lipinski definition) is 1. The zero-order valence-electron chi connectivity index (χ0n) is 5.74. The van der Waals surface area contributed by atoms with Gasteiger partial charge in [0.25, 0.3) is 0 Å². The van der Waals surface area contributed by atoms with Crippen LogP contribution in [-0.2, 0) is 0 Å². The van der Waals surface area contributed by atoms with Crippen molar-refractivity contribution in [2.75, 3.05) is 0 Å². The van der Waals surface area contributed by atoms with Crippen molar-refractivity contribution in [3.63, 3.8) is 0 Å². The van der Waals surface area contributed by atoms with Crippen molar-refractivity contribution in [3.05, 3.63) is 27.5 Å². The summed E-state index contributed by atoms with van der Waals surface area (Å²) in [5.74, 6) is -1.02. The smallest absolute Gasteiger partial charge is 0.217 e. The molecule has 1 N–H and O–H groups in total. The first-order valence-corrected chi connectivity index (χ1v) is 4.25. The summed E-state index contributed by atoms with van der Waals surface area (Å²) >= 11 is 1.75. The van der Waals surface area contributed by atoms with Crippen LogP contribution in [-0.4, -0.2) is 10.2 Å². The van der Waals surface area contributed by atoms with E-state index >= 15 is 0 Å². The van der Waals surface area contributed by atoms with E-state index in [9.17, 15) is 8.78 Å². The summed E-state index contributed by atoms with van der Waals surface area (Å²) in [5, 5.41) is 6.02. The zero-order valence-corrected chi connectivity index (χ0v) is 7.89. The average molecular weight is 280 g/mol. The lowest BCUT2D eigenvalue weighted by Gasteiger charge is -1.93. The van der Waals surface area contributed by atoms with Crippen LogP contribution in [0.1, 0.15) is 0 Å². The summed E-state index contributed by atoms with van der Waals surface area (Å²) in [5.41, 5.74) is 0.443. The van der Waals surface area contributed by atoms with E-state index in [1.807, 2.05) is 0 Å². The van der Waals surface area contributed by atoms with Gasteiger partial charge in [-0.05, 0) is 34.7 Å². The van der Waals surface area contributed by atoms with Gasteiger partial charge < -0.3 is 0 Å². The molecule has 0 unspecified atom stereocenters. The highest BCUT2D eigenvalue weighted by Gasteiger charge is 2.11.